The van der Waals surface area contributed by atoms with Gasteiger partial charge in [-0.1, -0.05) is 6.07 Å². The molecule has 2 amide bonds. The number of rotatable bonds is 8. The van der Waals surface area contributed by atoms with Crippen molar-refractivity contribution in [2.75, 3.05) is 30.4 Å². The summed E-state index contributed by atoms with van der Waals surface area (Å²) in [6, 6.07) is 4.64. The highest BCUT2D eigenvalue weighted by molar-refractivity contribution is 6.15. The summed E-state index contributed by atoms with van der Waals surface area (Å²) < 4.78 is 46.0. The number of nitrogens with one attached hydrogen (secondary N) is 3. The Morgan fingerprint density at radius 1 is 1.26 bits per heavy atom. The molecule has 0 unspecified atom stereocenters. The van der Waals surface area contributed by atoms with Gasteiger partial charge in [0.15, 0.2) is 5.65 Å². The molecule has 178 valence electrons. The number of amides is 2. The second-order valence-electron chi connectivity index (χ2n) is 7.26. The van der Waals surface area contributed by atoms with Crippen LogP contribution in [-0.2, 0) is 20.5 Å². The van der Waals surface area contributed by atoms with E-state index in [1.165, 1.54) is 28.9 Å². The smallest absolute Gasteiger partial charge is 0.380 e. The molecule has 0 radical (unpaired) electrons. The van der Waals surface area contributed by atoms with Crippen molar-refractivity contribution in [1.29, 1.82) is 0 Å². The van der Waals surface area contributed by atoms with Crippen LogP contribution in [-0.4, -0.2) is 51.2 Å². The molecule has 0 bridgehead atoms. The first kappa shape index (κ1) is 23.2. The monoisotopic (exact) mass is 475 g/mol. The van der Waals surface area contributed by atoms with E-state index in [0.29, 0.717) is 25.3 Å². The Morgan fingerprint density at radius 3 is 2.79 bits per heavy atom. The number of anilines is 3. The number of carbonyl (C=O) groups is 2. The summed E-state index contributed by atoms with van der Waals surface area (Å²) in [5.41, 5.74) is 0.280. The predicted molar refractivity (Wildman–Crippen MR) is 116 cm³/mol. The van der Waals surface area contributed by atoms with Crippen LogP contribution in [0.2, 0.25) is 0 Å². The normalized spacial score (nSPS) is 15.2. The molecule has 4 rings (SSSR count). The molecule has 1 aliphatic heterocycles. The zero-order valence-corrected chi connectivity index (χ0v) is 17.9. The number of hydrogen-bond donors (Lipinski definition) is 3. The molecular weight excluding hydrogens is 455 g/mol. The number of carbonyl (C=O) groups excluding carboxylic acids is 2. The first-order chi connectivity index (χ1) is 16.2. The van der Waals surface area contributed by atoms with E-state index in [2.05, 4.69) is 31.0 Å². The maximum absolute atomic E-state index is 13.1. The number of hydrogen-bond acceptors (Lipinski definition) is 8. The fourth-order valence-corrected chi connectivity index (χ4v) is 3.26. The molecule has 3 N–H and O–H groups in total. The molecule has 13 heteroatoms. The van der Waals surface area contributed by atoms with Crippen LogP contribution in [0.15, 0.2) is 36.0 Å². The van der Waals surface area contributed by atoms with Crippen LogP contribution in [0.5, 0.6) is 0 Å². The van der Waals surface area contributed by atoms with Crippen molar-refractivity contribution in [2.45, 2.75) is 19.5 Å². The van der Waals surface area contributed by atoms with Crippen LogP contribution in [0, 0.1) is 0 Å². The van der Waals surface area contributed by atoms with E-state index in [0.717, 1.165) is 12.1 Å². The van der Waals surface area contributed by atoms with Crippen molar-refractivity contribution in [3.8, 4) is 0 Å². The zero-order valence-electron chi connectivity index (χ0n) is 17.9. The molecule has 2 aromatic heterocycles. The molecule has 3 heterocycles. The van der Waals surface area contributed by atoms with Crippen LogP contribution in [0.4, 0.5) is 30.8 Å². The van der Waals surface area contributed by atoms with Crippen molar-refractivity contribution in [2.24, 2.45) is 0 Å². The minimum Gasteiger partial charge on any atom is -0.380 e. The van der Waals surface area contributed by atoms with Crippen LogP contribution in [0.1, 0.15) is 24.5 Å². The molecule has 1 aromatic carbocycles. The van der Waals surface area contributed by atoms with Crippen molar-refractivity contribution in [1.82, 2.24) is 24.9 Å². The van der Waals surface area contributed by atoms with Crippen molar-refractivity contribution < 1.29 is 27.5 Å². The fourth-order valence-electron chi connectivity index (χ4n) is 3.26. The molecule has 1 aliphatic rings. The van der Waals surface area contributed by atoms with Crippen LogP contribution >= 0.6 is 0 Å². The Balaban J connectivity index is 1.72. The third-order valence-corrected chi connectivity index (χ3v) is 4.80. The molecule has 10 nitrogen and oxygen atoms in total. The molecule has 3 aromatic rings. The summed E-state index contributed by atoms with van der Waals surface area (Å²) in [4.78, 5) is 32.2. The van der Waals surface area contributed by atoms with Gasteiger partial charge in [0.2, 0.25) is 17.8 Å². The van der Waals surface area contributed by atoms with E-state index < -0.39 is 23.6 Å². The molecule has 0 saturated carbocycles. The summed E-state index contributed by atoms with van der Waals surface area (Å²) in [6.07, 6.45) is -1.63. The van der Waals surface area contributed by atoms with E-state index in [9.17, 15) is 22.8 Å². The van der Waals surface area contributed by atoms with Gasteiger partial charge in [0.05, 0.1) is 24.8 Å². The topological polar surface area (TPSA) is 123 Å². The van der Waals surface area contributed by atoms with Gasteiger partial charge in [0.25, 0.3) is 5.91 Å². The van der Waals surface area contributed by atoms with Gasteiger partial charge in [-0.2, -0.15) is 32.8 Å². The second-order valence-corrected chi connectivity index (χ2v) is 7.26. The van der Waals surface area contributed by atoms with Gasteiger partial charge in [0, 0.05) is 30.0 Å². The Labute approximate surface area is 191 Å². The van der Waals surface area contributed by atoms with Gasteiger partial charge in [-0.3, -0.25) is 14.9 Å². The number of aromatic nitrogens is 4. The minimum absolute atomic E-state index is 0.0119. The van der Waals surface area contributed by atoms with Crippen LogP contribution in [0.3, 0.4) is 0 Å². The lowest BCUT2D eigenvalue weighted by atomic mass is 10.1. The molecule has 0 aliphatic carbocycles. The molecule has 1 fully saturated rings. The number of imide groups is 1. The Kier molecular flexibility index (Phi) is 6.45. The van der Waals surface area contributed by atoms with Gasteiger partial charge in [-0.05, 0) is 31.2 Å². The lowest BCUT2D eigenvalue weighted by Gasteiger charge is -2.12. The fraction of sp³-hybridized carbons (Fsp3) is 0.286. The minimum atomic E-state index is -4.50. The van der Waals surface area contributed by atoms with E-state index in [4.69, 9.17) is 4.74 Å². The quantitative estimate of drug-likeness (QED) is 0.258. The van der Waals surface area contributed by atoms with Gasteiger partial charge >= 0.3 is 6.18 Å². The van der Waals surface area contributed by atoms with Crippen molar-refractivity contribution in [3.63, 3.8) is 0 Å². The summed E-state index contributed by atoms with van der Waals surface area (Å²) in [5.74, 6) is -0.642. The van der Waals surface area contributed by atoms with E-state index in [1.54, 1.807) is 0 Å². The van der Waals surface area contributed by atoms with Crippen molar-refractivity contribution in [3.05, 3.63) is 47.2 Å². The van der Waals surface area contributed by atoms with E-state index >= 15 is 0 Å². The molecule has 0 atom stereocenters. The summed E-state index contributed by atoms with van der Waals surface area (Å²) in [5, 5.41) is 12.3. The number of alkyl halides is 3. The summed E-state index contributed by atoms with van der Waals surface area (Å²) >= 11 is 0. The molecule has 0 spiro atoms. The van der Waals surface area contributed by atoms with Crippen molar-refractivity contribution >= 4 is 41.1 Å². The largest absolute Gasteiger partial charge is 0.416 e. The molecular formula is C21H20F3N7O3. The molecule has 34 heavy (non-hydrogen) atoms. The van der Waals surface area contributed by atoms with E-state index in [-0.39, 0.29) is 35.2 Å². The molecule has 1 saturated heterocycles. The second kappa shape index (κ2) is 9.47. The number of benzene rings is 1. The zero-order chi connectivity index (χ0) is 24.3. The maximum atomic E-state index is 13.1. The summed E-state index contributed by atoms with van der Waals surface area (Å²) in [6.45, 7) is 3.16. The number of fused-ring (bicyclic) bond motifs is 1. The Morgan fingerprint density at radius 2 is 2.09 bits per heavy atom. The van der Waals surface area contributed by atoms with Gasteiger partial charge in [-0.15, -0.1) is 0 Å². The first-order valence-electron chi connectivity index (χ1n) is 10.3. The Hall–Kier alpha value is -4.00. The average Bonchev–Trinajstić information content (AvgIpc) is 3.33. The maximum Gasteiger partial charge on any atom is 0.416 e. The Bertz CT molecular complexity index is 1270. The lowest BCUT2D eigenvalue weighted by molar-refractivity contribution is -0.137. The van der Waals surface area contributed by atoms with Gasteiger partial charge < -0.3 is 15.4 Å². The number of halogens is 3. The number of ether oxygens (including phenoxy) is 1. The van der Waals surface area contributed by atoms with Crippen LogP contribution in [0.25, 0.3) is 11.7 Å². The highest BCUT2D eigenvalue weighted by Crippen LogP contribution is 2.31. The first-order valence-corrected chi connectivity index (χ1v) is 10.3. The van der Waals surface area contributed by atoms with Gasteiger partial charge in [0.1, 0.15) is 0 Å². The number of nitrogens with zero attached hydrogens (tertiary/aromatic N) is 4. The highest BCUT2D eigenvalue weighted by atomic mass is 19.4. The average molecular weight is 475 g/mol. The predicted octanol–water partition coefficient (Wildman–Crippen LogP) is 2.77. The lowest BCUT2D eigenvalue weighted by Crippen LogP contribution is -2.19. The van der Waals surface area contributed by atoms with Crippen LogP contribution < -0.4 is 16.0 Å². The standard InChI is InChI=1S/C21H20F3N7O3/c1-2-34-7-6-25-20-30-19(27-15-5-3-4-14(10-15)21(22,23)24)29-17-13(11-26-31(17)20)8-12-9-16(32)28-18(12)33/h3-5,8,10-11H,2,6-7,9H2,1H3,(H,28,32,33)(H2,25,27,29,30)/b12-8+. The SMILES string of the molecule is CCOCCNc1nc(Nc2cccc(C(F)(F)F)c2)nc2c(/C=C3\CC(=O)NC3=O)cnn12. The van der Waals surface area contributed by atoms with E-state index in [1.807, 2.05) is 6.92 Å². The third kappa shape index (κ3) is 5.14. The third-order valence-electron chi connectivity index (χ3n) is 4.80. The summed E-state index contributed by atoms with van der Waals surface area (Å²) in [7, 11) is 0. The van der Waals surface area contributed by atoms with Gasteiger partial charge in [-0.25, -0.2) is 0 Å². The highest BCUT2D eigenvalue weighted by Gasteiger charge is 2.30.